The molecule has 3 N–H and O–H groups in total. The van der Waals surface area contributed by atoms with Gasteiger partial charge in [-0.15, -0.1) is 0 Å². The van der Waals surface area contributed by atoms with Crippen molar-refractivity contribution in [2.75, 3.05) is 5.32 Å². The molecule has 1 amide bonds. The first-order valence-corrected chi connectivity index (χ1v) is 5.92. The fourth-order valence-corrected chi connectivity index (χ4v) is 1.83. The van der Waals surface area contributed by atoms with E-state index in [-0.39, 0.29) is 0 Å². The first-order valence-electron chi connectivity index (χ1n) is 5.54. The van der Waals surface area contributed by atoms with Gasteiger partial charge in [0.05, 0.1) is 10.6 Å². The van der Waals surface area contributed by atoms with Gasteiger partial charge in [0.15, 0.2) is 0 Å². The topological polar surface area (TPSA) is 55.1 Å². The highest BCUT2D eigenvalue weighted by molar-refractivity contribution is 6.33. The fourth-order valence-electron chi connectivity index (χ4n) is 1.62. The number of rotatable bonds is 4. The molecule has 4 heteroatoms. The van der Waals surface area contributed by atoms with Gasteiger partial charge in [-0.2, -0.15) is 0 Å². The molecule has 0 saturated heterocycles. The quantitative estimate of drug-likeness (QED) is 0.888. The maximum atomic E-state index is 11.2. The first-order chi connectivity index (χ1) is 8.66. The molecule has 0 bridgehead atoms. The summed E-state index contributed by atoms with van der Waals surface area (Å²) in [5.41, 5.74) is 7.55. The van der Waals surface area contributed by atoms with E-state index in [1.165, 1.54) is 0 Å². The van der Waals surface area contributed by atoms with Crippen LogP contribution < -0.4 is 11.1 Å². The van der Waals surface area contributed by atoms with Crippen LogP contribution in [0.15, 0.2) is 48.5 Å². The third kappa shape index (κ3) is 3.02. The molecule has 0 aromatic heterocycles. The molecule has 0 aliphatic rings. The summed E-state index contributed by atoms with van der Waals surface area (Å²) in [6.45, 7) is 0.681. The maximum absolute atomic E-state index is 11.2. The molecule has 0 radical (unpaired) electrons. The second kappa shape index (κ2) is 5.56. The summed E-state index contributed by atoms with van der Waals surface area (Å²) in [4.78, 5) is 11.2. The van der Waals surface area contributed by atoms with Crippen molar-refractivity contribution in [2.45, 2.75) is 6.54 Å². The Morgan fingerprint density at radius 2 is 1.89 bits per heavy atom. The third-order valence-electron chi connectivity index (χ3n) is 2.57. The van der Waals surface area contributed by atoms with Crippen LogP contribution in [0.2, 0.25) is 5.02 Å². The van der Waals surface area contributed by atoms with Crippen LogP contribution in [0.5, 0.6) is 0 Å². The molecule has 2 aromatic carbocycles. The van der Waals surface area contributed by atoms with Gasteiger partial charge in [-0.1, -0.05) is 41.9 Å². The Hall–Kier alpha value is -2.00. The van der Waals surface area contributed by atoms with Crippen LogP contribution in [-0.2, 0) is 6.54 Å². The summed E-state index contributed by atoms with van der Waals surface area (Å²) >= 11 is 5.88. The molecule has 18 heavy (non-hydrogen) atoms. The lowest BCUT2D eigenvalue weighted by Gasteiger charge is -2.08. The van der Waals surface area contributed by atoms with Crippen molar-refractivity contribution < 1.29 is 4.79 Å². The van der Waals surface area contributed by atoms with Crippen LogP contribution in [0.25, 0.3) is 0 Å². The van der Waals surface area contributed by atoms with Crippen molar-refractivity contribution in [1.82, 2.24) is 0 Å². The van der Waals surface area contributed by atoms with Gasteiger partial charge in [-0.3, -0.25) is 4.79 Å². The van der Waals surface area contributed by atoms with E-state index < -0.39 is 5.91 Å². The Morgan fingerprint density at radius 3 is 2.56 bits per heavy atom. The number of benzene rings is 2. The van der Waals surface area contributed by atoms with Crippen LogP contribution in [0.3, 0.4) is 0 Å². The lowest BCUT2D eigenvalue weighted by atomic mass is 10.1. The summed E-state index contributed by atoms with van der Waals surface area (Å²) in [5.74, 6) is -0.525. The predicted octanol–water partition coefficient (Wildman–Crippen LogP) is 3.05. The number of nitrogens with two attached hydrogens (primary N) is 1. The largest absolute Gasteiger partial charge is 0.381 e. The number of primary amides is 1. The number of carbonyl (C=O) groups excluding carboxylic acids is 1. The molecule has 0 fully saturated rings. The molecule has 0 aliphatic heterocycles. The van der Waals surface area contributed by atoms with E-state index in [4.69, 9.17) is 17.3 Å². The smallest absolute Gasteiger partial charge is 0.250 e. The fraction of sp³-hybridized carbons (Fsp3) is 0.0714. The zero-order chi connectivity index (χ0) is 13.0. The van der Waals surface area contributed by atoms with Gasteiger partial charge in [0, 0.05) is 12.2 Å². The average Bonchev–Trinajstić information content (AvgIpc) is 2.38. The SMILES string of the molecule is NC(=O)c1cc(NCc2ccccc2)ccc1Cl. The number of nitrogens with one attached hydrogen (secondary N) is 1. The Labute approximate surface area is 111 Å². The Kier molecular flexibility index (Phi) is 3.85. The number of hydrogen-bond acceptors (Lipinski definition) is 2. The van der Waals surface area contributed by atoms with Gasteiger partial charge >= 0.3 is 0 Å². The van der Waals surface area contributed by atoms with Crippen molar-refractivity contribution in [3.8, 4) is 0 Å². The molecule has 0 heterocycles. The molecule has 0 unspecified atom stereocenters. The summed E-state index contributed by atoms with van der Waals surface area (Å²) in [7, 11) is 0. The van der Waals surface area contributed by atoms with E-state index in [1.54, 1.807) is 12.1 Å². The van der Waals surface area contributed by atoms with Crippen LogP contribution in [-0.4, -0.2) is 5.91 Å². The highest BCUT2D eigenvalue weighted by Gasteiger charge is 2.07. The van der Waals surface area contributed by atoms with Crippen molar-refractivity contribution >= 4 is 23.2 Å². The maximum Gasteiger partial charge on any atom is 0.250 e. The standard InChI is InChI=1S/C14H13ClN2O/c15-13-7-6-11(8-12(13)14(16)18)17-9-10-4-2-1-3-5-10/h1-8,17H,9H2,(H2,16,18). The Bertz CT molecular complexity index is 555. The van der Waals surface area contributed by atoms with Gasteiger partial charge in [-0.05, 0) is 23.8 Å². The normalized spacial score (nSPS) is 10.1. The summed E-state index contributed by atoms with van der Waals surface area (Å²) in [6, 6.07) is 15.1. The van der Waals surface area contributed by atoms with E-state index in [9.17, 15) is 4.79 Å². The van der Waals surface area contributed by atoms with Crippen LogP contribution in [0, 0.1) is 0 Å². The number of halogens is 1. The van der Waals surface area contributed by atoms with Crippen molar-refractivity contribution in [3.05, 3.63) is 64.7 Å². The molecule has 0 aliphatic carbocycles. The van der Waals surface area contributed by atoms with E-state index in [1.807, 2.05) is 36.4 Å². The number of carbonyl (C=O) groups is 1. The molecule has 0 spiro atoms. The summed E-state index contributed by atoms with van der Waals surface area (Å²) in [6.07, 6.45) is 0. The second-order valence-corrected chi connectivity index (χ2v) is 4.31. The van der Waals surface area contributed by atoms with Crippen molar-refractivity contribution in [2.24, 2.45) is 5.73 Å². The van der Waals surface area contributed by atoms with Gasteiger partial charge in [0.1, 0.15) is 0 Å². The zero-order valence-electron chi connectivity index (χ0n) is 9.69. The molecular weight excluding hydrogens is 248 g/mol. The van der Waals surface area contributed by atoms with Crippen molar-refractivity contribution in [3.63, 3.8) is 0 Å². The Balaban J connectivity index is 2.11. The van der Waals surface area contributed by atoms with E-state index in [0.717, 1.165) is 11.3 Å². The molecule has 2 rings (SSSR count). The molecular formula is C14H13ClN2O. The minimum absolute atomic E-state index is 0.328. The van der Waals surface area contributed by atoms with Gasteiger partial charge in [0.25, 0.3) is 0 Å². The van der Waals surface area contributed by atoms with E-state index >= 15 is 0 Å². The minimum Gasteiger partial charge on any atom is -0.381 e. The molecule has 92 valence electrons. The van der Waals surface area contributed by atoms with Crippen LogP contribution in [0.4, 0.5) is 5.69 Å². The van der Waals surface area contributed by atoms with Crippen LogP contribution >= 0.6 is 11.6 Å². The number of anilines is 1. The highest BCUT2D eigenvalue weighted by Crippen LogP contribution is 2.20. The second-order valence-electron chi connectivity index (χ2n) is 3.90. The monoisotopic (exact) mass is 260 g/mol. The molecule has 0 saturated carbocycles. The lowest BCUT2D eigenvalue weighted by molar-refractivity contribution is 0.100. The van der Waals surface area contributed by atoms with Crippen molar-refractivity contribution in [1.29, 1.82) is 0 Å². The van der Waals surface area contributed by atoms with E-state index in [2.05, 4.69) is 5.32 Å². The van der Waals surface area contributed by atoms with Gasteiger partial charge in [0.2, 0.25) is 5.91 Å². The summed E-state index contributed by atoms with van der Waals surface area (Å²) < 4.78 is 0. The molecule has 0 atom stereocenters. The minimum atomic E-state index is -0.525. The zero-order valence-corrected chi connectivity index (χ0v) is 10.4. The van der Waals surface area contributed by atoms with Gasteiger partial charge in [-0.25, -0.2) is 0 Å². The average molecular weight is 261 g/mol. The van der Waals surface area contributed by atoms with E-state index in [0.29, 0.717) is 17.1 Å². The molecule has 3 nitrogen and oxygen atoms in total. The Morgan fingerprint density at radius 1 is 1.17 bits per heavy atom. The number of hydrogen-bond donors (Lipinski definition) is 2. The lowest BCUT2D eigenvalue weighted by Crippen LogP contribution is -2.12. The van der Waals surface area contributed by atoms with Crippen LogP contribution in [0.1, 0.15) is 15.9 Å². The predicted molar refractivity (Wildman–Crippen MR) is 73.7 cm³/mol. The first kappa shape index (κ1) is 12.5. The summed E-state index contributed by atoms with van der Waals surface area (Å²) in [5, 5.41) is 3.59. The highest BCUT2D eigenvalue weighted by atomic mass is 35.5. The third-order valence-corrected chi connectivity index (χ3v) is 2.90. The number of amides is 1. The molecule has 2 aromatic rings. The van der Waals surface area contributed by atoms with Gasteiger partial charge < -0.3 is 11.1 Å².